The van der Waals surface area contributed by atoms with Gasteiger partial charge >= 0.3 is 0 Å². The molecule has 0 unspecified atom stereocenters. The van der Waals surface area contributed by atoms with Gasteiger partial charge in [0.05, 0.1) is 30.5 Å². The number of thiazole rings is 1. The monoisotopic (exact) mass is 456 g/mol. The highest BCUT2D eigenvalue weighted by atomic mass is 32.1. The van der Waals surface area contributed by atoms with Crippen molar-refractivity contribution >= 4 is 27.5 Å². The molecule has 1 aromatic heterocycles. The summed E-state index contributed by atoms with van der Waals surface area (Å²) in [6.45, 7) is 9.21. The Balaban J connectivity index is 1.48. The number of carbonyl (C=O) groups is 1. The van der Waals surface area contributed by atoms with Crippen LogP contribution in [0.4, 0.5) is 0 Å². The number of ether oxygens (including phenoxy) is 3. The SMILES string of the molecule is COc1cc(C(=O)N(C(C)C)C(C)C)ccc1OCCCCOc1nc2ccccc2s1. The van der Waals surface area contributed by atoms with Gasteiger partial charge in [0.15, 0.2) is 11.5 Å². The van der Waals surface area contributed by atoms with Crippen LogP contribution in [0.1, 0.15) is 50.9 Å². The van der Waals surface area contributed by atoms with Crippen LogP contribution in [0.15, 0.2) is 42.5 Å². The number of rotatable bonds is 11. The molecular weight excluding hydrogens is 424 g/mol. The van der Waals surface area contributed by atoms with E-state index in [0.717, 1.165) is 23.1 Å². The van der Waals surface area contributed by atoms with E-state index in [1.165, 1.54) is 0 Å². The standard InChI is InChI=1S/C25H32N2O4S/c1-17(2)27(18(3)4)24(28)19-12-13-21(22(16-19)29-5)30-14-8-9-15-31-25-26-20-10-6-7-11-23(20)32-25/h6-7,10-13,16-18H,8-9,14-15H2,1-5H3. The first kappa shape index (κ1) is 23.9. The zero-order valence-electron chi connectivity index (χ0n) is 19.5. The highest BCUT2D eigenvalue weighted by molar-refractivity contribution is 7.20. The van der Waals surface area contributed by atoms with Crippen molar-refractivity contribution in [3.8, 4) is 16.7 Å². The fraction of sp³-hybridized carbons (Fsp3) is 0.440. The number of nitrogens with zero attached hydrogens (tertiary/aromatic N) is 2. The zero-order chi connectivity index (χ0) is 23.1. The molecule has 172 valence electrons. The van der Waals surface area contributed by atoms with E-state index in [-0.39, 0.29) is 18.0 Å². The third-order valence-corrected chi connectivity index (χ3v) is 6.00. The molecule has 0 saturated heterocycles. The van der Waals surface area contributed by atoms with Crippen molar-refractivity contribution in [1.82, 2.24) is 9.88 Å². The van der Waals surface area contributed by atoms with Gasteiger partial charge < -0.3 is 19.1 Å². The second-order valence-corrected chi connectivity index (χ2v) is 9.11. The maximum Gasteiger partial charge on any atom is 0.274 e. The molecule has 3 aromatic rings. The number of benzene rings is 2. The van der Waals surface area contributed by atoms with E-state index in [1.54, 1.807) is 30.6 Å². The number of hydrogen-bond acceptors (Lipinski definition) is 6. The van der Waals surface area contributed by atoms with Crippen LogP contribution in [0.5, 0.6) is 16.7 Å². The molecule has 0 saturated carbocycles. The van der Waals surface area contributed by atoms with E-state index in [1.807, 2.05) is 62.9 Å². The summed E-state index contributed by atoms with van der Waals surface area (Å²) in [4.78, 5) is 19.3. The molecule has 7 heteroatoms. The average Bonchev–Trinajstić information content (AvgIpc) is 3.18. The first-order chi connectivity index (χ1) is 15.4. The Morgan fingerprint density at radius 3 is 2.31 bits per heavy atom. The summed E-state index contributed by atoms with van der Waals surface area (Å²) in [5.41, 5.74) is 1.57. The van der Waals surface area contributed by atoms with Crippen molar-refractivity contribution in [1.29, 1.82) is 0 Å². The second kappa shape index (κ2) is 11.2. The first-order valence-corrected chi connectivity index (χ1v) is 11.8. The van der Waals surface area contributed by atoms with E-state index in [0.29, 0.717) is 35.5 Å². The topological polar surface area (TPSA) is 60.9 Å². The summed E-state index contributed by atoms with van der Waals surface area (Å²) in [7, 11) is 1.59. The van der Waals surface area contributed by atoms with Gasteiger partial charge in [0.25, 0.3) is 11.1 Å². The van der Waals surface area contributed by atoms with Gasteiger partial charge in [0.2, 0.25) is 0 Å². The molecule has 0 radical (unpaired) electrons. The number of unbranched alkanes of at least 4 members (excludes halogenated alkanes) is 1. The Morgan fingerprint density at radius 1 is 0.969 bits per heavy atom. The number of methoxy groups -OCH3 is 1. The smallest absolute Gasteiger partial charge is 0.274 e. The third-order valence-electron chi connectivity index (χ3n) is 5.05. The maximum absolute atomic E-state index is 12.9. The molecule has 0 fully saturated rings. The minimum atomic E-state index is -0.00755. The Hall–Kier alpha value is -2.80. The summed E-state index contributed by atoms with van der Waals surface area (Å²) in [6, 6.07) is 13.6. The largest absolute Gasteiger partial charge is 0.493 e. The number of para-hydroxylation sites is 1. The summed E-state index contributed by atoms with van der Waals surface area (Å²) in [6.07, 6.45) is 1.69. The predicted octanol–water partition coefficient (Wildman–Crippen LogP) is 5.80. The Morgan fingerprint density at radius 2 is 1.66 bits per heavy atom. The molecule has 0 atom stereocenters. The summed E-state index contributed by atoms with van der Waals surface area (Å²) in [5.74, 6) is 1.19. The normalized spacial score (nSPS) is 11.2. The summed E-state index contributed by atoms with van der Waals surface area (Å²) in [5, 5.41) is 0.700. The molecular formula is C25H32N2O4S. The number of fused-ring (bicyclic) bond motifs is 1. The summed E-state index contributed by atoms with van der Waals surface area (Å²) >= 11 is 1.56. The van der Waals surface area contributed by atoms with Crippen molar-refractivity contribution in [2.24, 2.45) is 0 Å². The first-order valence-electron chi connectivity index (χ1n) is 11.0. The third kappa shape index (κ3) is 5.91. The van der Waals surface area contributed by atoms with Crippen LogP contribution >= 0.6 is 11.3 Å². The lowest BCUT2D eigenvalue weighted by Crippen LogP contribution is -2.42. The minimum Gasteiger partial charge on any atom is -0.493 e. The van der Waals surface area contributed by atoms with E-state index in [4.69, 9.17) is 14.2 Å². The molecule has 3 rings (SSSR count). The van der Waals surface area contributed by atoms with Gasteiger partial charge in [-0.05, 0) is 70.9 Å². The van der Waals surface area contributed by atoms with Crippen molar-refractivity contribution in [3.05, 3.63) is 48.0 Å². The Labute approximate surface area is 194 Å². The highest BCUT2D eigenvalue weighted by Crippen LogP contribution is 2.30. The molecule has 0 spiro atoms. The maximum atomic E-state index is 12.9. The zero-order valence-corrected chi connectivity index (χ0v) is 20.3. The van der Waals surface area contributed by atoms with E-state index in [2.05, 4.69) is 4.98 Å². The van der Waals surface area contributed by atoms with Crippen LogP contribution in [-0.2, 0) is 0 Å². The van der Waals surface area contributed by atoms with Crippen LogP contribution in [0.2, 0.25) is 0 Å². The van der Waals surface area contributed by atoms with Gasteiger partial charge in [0.1, 0.15) is 0 Å². The second-order valence-electron chi connectivity index (χ2n) is 8.12. The molecule has 6 nitrogen and oxygen atoms in total. The van der Waals surface area contributed by atoms with Crippen molar-refractivity contribution in [3.63, 3.8) is 0 Å². The lowest BCUT2D eigenvalue weighted by Gasteiger charge is -2.31. The Kier molecular flexibility index (Phi) is 8.33. The fourth-order valence-electron chi connectivity index (χ4n) is 3.59. The quantitative estimate of drug-likeness (QED) is 0.341. The number of amides is 1. The summed E-state index contributed by atoms with van der Waals surface area (Å²) < 4.78 is 18.3. The number of carbonyl (C=O) groups excluding carboxylic acids is 1. The van der Waals surface area contributed by atoms with E-state index in [9.17, 15) is 4.79 Å². The molecule has 0 bridgehead atoms. The molecule has 32 heavy (non-hydrogen) atoms. The molecule has 1 heterocycles. The van der Waals surface area contributed by atoms with Crippen LogP contribution in [0, 0.1) is 0 Å². The Bertz CT molecular complexity index is 991. The van der Waals surface area contributed by atoms with Crippen LogP contribution in [0.25, 0.3) is 10.2 Å². The van der Waals surface area contributed by atoms with Crippen molar-refractivity contribution < 1.29 is 19.0 Å². The average molecular weight is 457 g/mol. The highest BCUT2D eigenvalue weighted by Gasteiger charge is 2.22. The van der Waals surface area contributed by atoms with Gasteiger partial charge in [-0.3, -0.25) is 4.79 Å². The van der Waals surface area contributed by atoms with Gasteiger partial charge in [-0.2, -0.15) is 0 Å². The molecule has 0 aliphatic rings. The molecule has 2 aromatic carbocycles. The predicted molar refractivity (Wildman–Crippen MR) is 129 cm³/mol. The van der Waals surface area contributed by atoms with Crippen LogP contribution in [-0.4, -0.2) is 48.2 Å². The lowest BCUT2D eigenvalue weighted by molar-refractivity contribution is 0.0643. The molecule has 1 amide bonds. The molecule has 0 N–H and O–H groups in total. The van der Waals surface area contributed by atoms with Crippen molar-refractivity contribution in [2.45, 2.75) is 52.6 Å². The van der Waals surface area contributed by atoms with Gasteiger partial charge in [0, 0.05) is 17.6 Å². The molecule has 0 aliphatic heterocycles. The van der Waals surface area contributed by atoms with Crippen LogP contribution in [0.3, 0.4) is 0 Å². The van der Waals surface area contributed by atoms with Crippen molar-refractivity contribution in [2.75, 3.05) is 20.3 Å². The number of aromatic nitrogens is 1. The fourth-order valence-corrected chi connectivity index (χ4v) is 4.43. The van der Waals surface area contributed by atoms with E-state index >= 15 is 0 Å². The van der Waals surface area contributed by atoms with Gasteiger partial charge in [-0.25, -0.2) is 4.98 Å². The van der Waals surface area contributed by atoms with E-state index < -0.39 is 0 Å². The minimum absolute atomic E-state index is 0.00755. The van der Waals surface area contributed by atoms with Gasteiger partial charge in [-0.15, -0.1) is 0 Å². The lowest BCUT2D eigenvalue weighted by atomic mass is 10.1. The molecule has 0 aliphatic carbocycles. The number of hydrogen-bond donors (Lipinski definition) is 0. The van der Waals surface area contributed by atoms with Crippen LogP contribution < -0.4 is 14.2 Å². The van der Waals surface area contributed by atoms with Gasteiger partial charge in [-0.1, -0.05) is 23.5 Å².